The molecule has 1 atom stereocenters. The molecule has 0 N–H and O–H groups in total. The molecular formula is C18H21N3O2. The first kappa shape index (κ1) is 15.5. The number of carbonyl (C=O) groups excluding carboxylic acids is 1. The maximum absolute atomic E-state index is 12.7. The SMILES string of the molecule is Cc1cc(C)cc(C(=O)N2CCCC(Oc3ncccn3)C2)c1. The van der Waals surface area contributed by atoms with Gasteiger partial charge in [0.1, 0.15) is 6.10 Å². The monoisotopic (exact) mass is 311 g/mol. The van der Waals surface area contributed by atoms with E-state index in [9.17, 15) is 4.79 Å². The molecule has 0 bridgehead atoms. The molecule has 2 heterocycles. The fraction of sp³-hybridized carbons (Fsp3) is 0.389. The summed E-state index contributed by atoms with van der Waals surface area (Å²) in [4.78, 5) is 22.8. The van der Waals surface area contributed by atoms with Gasteiger partial charge in [-0.15, -0.1) is 0 Å². The molecule has 0 aliphatic carbocycles. The summed E-state index contributed by atoms with van der Waals surface area (Å²) < 4.78 is 5.80. The topological polar surface area (TPSA) is 55.3 Å². The molecule has 2 aromatic rings. The Morgan fingerprint density at radius 3 is 2.57 bits per heavy atom. The average Bonchev–Trinajstić information content (AvgIpc) is 2.54. The minimum Gasteiger partial charge on any atom is -0.458 e. The summed E-state index contributed by atoms with van der Waals surface area (Å²) in [6, 6.07) is 8.09. The number of aromatic nitrogens is 2. The molecule has 23 heavy (non-hydrogen) atoms. The van der Waals surface area contributed by atoms with Crippen LogP contribution in [0.4, 0.5) is 0 Å². The molecule has 0 radical (unpaired) electrons. The summed E-state index contributed by atoms with van der Waals surface area (Å²) in [6.07, 6.45) is 5.09. The first-order chi connectivity index (χ1) is 11.1. The van der Waals surface area contributed by atoms with Gasteiger partial charge in [-0.25, -0.2) is 9.97 Å². The summed E-state index contributed by atoms with van der Waals surface area (Å²) in [5, 5.41) is 0. The van der Waals surface area contributed by atoms with Gasteiger partial charge in [0.05, 0.1) is 6.54 Å². The number of carbonyl (C=O) groups is 1. The zero-order valence-electron chi connectivity index (χ0n) is 13.5. The van der Waals surface area contributed by atoms with Gasteiger partial charge in [-0.05, 0) is 44.9 Å². The van der Waals surface area contributed by atoms with Crippen LogP contribution in [0, 0.1) is 13.8 Å². The molecule has 0 saturated carbocycles. The van der Waals surface area contributed by atoms with Crippen molar-refractivity contribution in [1.82, 2.24) is 14.9 Å². The van der Waals surface area contributed by atoms with E-state index < -0.39 is 0 Å². The van der Waals surface area contributed by atoms with E-state index in [0.29, 0.717) is 12.6 Å². The number of piperidine rings is 1. The lowest BCUT2D eigenvalue weighted by Crippen LogP contribution is -2.44. The van der Waals surface area contributed by atoms with E-state index in [1.165, 1.54) is 0 Å². The number of likely N-dealkylation sites (tertiary alicyclic amines) is 1. The Kier molecular flexibility index (Phi) is 4.55. The van der Waals surface area contributed by atoms with Crippen LogP contribution < -0.4 is 4.74 Å². The summed E-state index contributed by atoms with van der Waals surface area (Å²) in [5.41, 5.74) is 2.96. The third kappa shape index (κ3) is 3.86. The minimum atomic E-state index is -0.0546. The predicted molar refractivity (Wildman–Crippen MR) is 87.5 cm³/mol. The fourth-order valence-corrected chi connectivity index (χ4v) is 2.99. The van der Waals surface area contributed by atoms with Crippen LogP contribution in [0.1, 0.15) is 34.3 Å². The molecule has 5 heteroatoms. The van der Waals surface area contributed by atoms with Gasteiger partial charge < -0.3 is 9.64 Å². The van der Waals surface area contributed by atoms with Crippen molar-refractivity contribution in [3.05, 3.63) is 53.3 Å². The van der Waals surface area contributed by atoms with Crippen molar-refractivity contribution in [2.45, 2.75) is 32.8 Å². The van der Waals surface area contributed by atoms with Crippen molar-refractivity contribution in [2.75, 3.05) is 13.1 Å². The van der Waals surface area contributed by atoms with E-state index in [-0.39, 0.29) is 12.0 Å². The molecule has 1 fully saturated rings. The van der Waals surface area contributed by atoms with Crippen LogP contribution in [-0.2, 0) is 0 Å². The number of aryl methyl sites for hydroxylation is 2. The quantitative estimate of drug-likeness (QED) is 0.874. The predicted octanol–water partition coefficient (Wildman–Crippen LogP) is 2.78. The molecule has 1 aromatic carbocycles. The van der Waals surface area contributed by atoms with E-state index in [1.54, 1.807) is 18.5 Å². The second-order valence-electron chi connectivity index (χ2n) is 6.04. The van der Waals surface area contributed by atoms with Gasteiger partial charge in [0.15, 0.2) is 0 Å². The number of rotatable bonds is 3. The number of benzene rings is 1. The first-order valence-electron chi connectivity index (χ1n) is 7.93. The van der Waals surface area contributed by atoms with Crippen LogP contribution in [0.25, 0.3) is 0 Å². The smallest absolute Gasteiger partial charge is 0.316 e. The lowest BCUT2D eigenvalue weighted by Gasteiger charge is -2.32. The molecule has 1 aliphatic rings. The number of hydrogen-bond donors (Lipinski definition) is 0. The van der Waals surface area contributed by atoms with Crippen LogP contribution in [0.15, 0.2) is 36.7 Å². The van der Waals surface area contributed by atoms with Crippen LogP contribution in [0.5, 0.6) is 6.01 Å². The van der Waals surface area contributed by atoms with E-state index in [2.05, 4.69) is 16.0 Å². The first-order valence-corrected chi connectivity index (χ1v) is 7.93. The average molecular weight is 311 g/mol. The van der Waals surface area contributed by atoms with Crippen LogP contribution in [-0.4, -0.2) is 40.0 Å². The Hall–Kier alpha value is -2.43. The van der Waals surface area contributed by atoms with Gasteiger partial charge in [0.2, 0.25) is 0 Å². The molecular weight excluding hydrogens is 290 g/mol. The Bertz CT molecular complexity index is 668. The van der Waals surface area contributed by atoms with Crippen LogP contribution in [0.2, 0.25) is 0 Å². The van der Waals surface area contributed by atoms with Crippen molar-refractivity contribution in [3.63, 3.8) is 0 Å². The molecule has 0 spiro atoms. The normalized spacial score (nSPS) is 17.8. The molecule has 1 unspecified atom stereocenters. The molecule has 5 nitrogen and oxygen atoms in total. The summed E-state index contributed by atoms with van der Waals surface area (Å²) >= 11 is 0. The molecule has 120 valence electrons. The fourth-order valence-electron chi connectivity index (χ4n) is 2.99. The standard InChI is InChI=1S/C18H21N3O2/c1-13-9-14(2)11-15(10-13)17(22)21-8-3-5-16(12-21)23-18-19-6-4-7-20-18/h4,6-7,9-11,16H,3,5,8,12H2,1-2H3. The third-order valence-electron chi connectivity index (χ3n) is 3.95. The molecule has 1 aliphatic heterocycles. The van der Waals surface area contributed by atoms with Crippen LogP contribution in [0.3, 0.4) is 0 Å². The van der Waals surface area contributed by atoms with Gasteiger partial charge in [-0.3, -0.25) is 4.79 Å². The van der Waals surface area contributed by atoms with Crippen molar-refractivity contribution in [2.24, 2.45) is 0 Å². The van der Waals surface area contributed by atoms with Gasteiger partial charge in [-0.2, -0.15) is 0 Å². The Balaban J connectivity index is 1.69. The highest BCUT2D eigenvalue weighted by Gasteiger charge is 2.26. The zero-order chi connectivity index (χ0) is 16.2. The molecule has 3 rings (SSSR count). The van der Waals surface area contributed by atoms with Gasteiger partial charge >= 0.3 is 6.01 Å². The van der Waals surface area contributed by atoms with Gasteiger partial charge in [-0.1, -0.05) is 17.2 Å². The highest BCUT2D eigenvalue weighted by molar-refractivity contribution is 5.94. The van der Waals surface area contributed by atoms with Crippen molar-refractivity contribution < 1.29 is 9.53 Å². The van der Waals surface area contributed by atoms with Crippen molar-refractivity contribution in [1.29, 1.82) is 0 Å². The molecule has 1 aromatic heterocycles. The minimum absolute atomic E-state index is 0.0546. The number of nitrogens with zero attached hydrogens (tertiary/aromatic N) is 3. The number of hydrogen-bond acceptors (Lipinski definition) is 4. The zero-order valence-corrected chi connectivity index (χ0v) is 13.5. The molecule has 1 saturated heterocycles. The second-order valence-corrected chi connectivity index (χ2v) is 6.04. The van der Waals surface area contributed by atoms with Gasteiger partial charge in [0, 0.05) is 24.5 Å². The maximum Gasteiger partial charge on any atom is 0.316 e. The maximum atomic E-state index is 12.7. The Labute approximate surface area is 136 Å². The van der Waals surface area contributed by atoms with Crippen molar-refractivity contribution in [3.8, 4) is 6.01 Å². The van der Waals surface area contributed by atoms with E-state index in [4.69, 9.17) is 4.74 Å². The van der Waals surface area contributed by atoms with E-state index in [1.807, 2.05) is 30.9 Å². The third-order valence-corrected chi connectivity index (χ3v) is 3.95. The summed E-state index contributed by atoms with van der Waals surface area (Å²) in [7, 11) is 0. The summed E-state index contributed by atoms with van der Waals surface area (Å²) in [5.74, 6) is 0.0686. The summed E-state index contributed by atoms with van der Waals surface area (Å²) in [6.45, 7) is 5.36. The largest absolute Gasteiger partial charge is 0.458 e. The van der Waals surface area contributed by atoms with E-state index in [0.717, 1.165) is 36.1 Å². The van der Waals surface area contributed by atoms with E-state index >= 15 is 0 Å². The molecule has 1 amide bonds. The lowest BCUT2D eigenvalue weighted by atomic mass is 10.0. The highest BCUT2D eigenvalue weighted by atomic mass is 16.5. The Morgan fingerprint density at radius 2 is 1.87 bits per heavy atom. The van der Waals surface area contributed by atoms with Crippen molar-refractivity contribution >= 4 is 5.91 Å². The second kappa shape index (κ2) is 6.77. The highest BCUT2D eigenvalue weighted by Crippen LogP contribution is 2.18. The number of ether oxygens (including phenoxy) is 1. The lowest BCUT2D eigenvalue weighted by molar-refractivity contribution is 0.0515. The number of amides is 1. The van der Waals surface area contributed by atoms with Gasteiger partial charge in [0.25, 0.3) is 5.91 Å². The van der Waals surface area contributed by atoms with Crippen LogP contribution >= 0.6 is 0 Å². The Morgan fingerprint density at radius 1 is 1.17 bits per heavy atom.